The van der Waals surface area contributed by atoms with Crippen molar-refractivity contribution in [3.05, 3.63) is 48.6 Å². The fourth-order valence-corrected chi connectivity index (χ4v) is 6.35. The van der Waals surface area contributed by atoms with Crippen LogP contribution in [0.3, 0.4) is 0 Å². The molecule has 0 bridgehead atoms. The van der Waals surface area contributed by atoms with Crippen molar-refractivity contribution in [1.29, 1.82) is 0 Å². The van der Waals surface area contributed by atoms with E-state index < -0.39 is 0 Å². The fraction of sp³-hybridized carbons (Fsp3) is 0.818. The third kappa shape index (κ3) is 28.6. The van der Waals surface area contributed by atoms with Gasteiger partial charge in [-0.2, -0.15) is 0 Å². The second kappa shape index (κ2) is 35.6. The number of rotatable bonds is 34. The van der Waals surface area contributed by atoms with Gasteiger partial charge < -0.3 is 14.4 Å². The van der Waals surface area contributed by atoms with Gasteiger partial charge in [-0.1, -0.05) is 140 Å². The average Bonchev–Trinajstić information content (AvgIpc) is 3.09. The van der Waals surface area contributed by atoms with Gasteiger partial charge in [0.25, 0.3) is 0 Å². The minimum atomic E-state index is 0.0845. The van der Waals surface area contributed by atoms with Crippen molar-refractivity contribution < 1.29 is 9.47 Å². The number of unbranched alkanes of at least 4 members (excludes halogenated alkanes) is 18. The van der Waals surface area contributed by atoms with Crippen LogP contribution in [-0.4, -0.2) is 68.6 Å². The first-order valence-corrected chi connectivity index (χ1v) is 20.9. The summed E-state index contributed by atoms with van der Waals surface area (Å²) in [4.78, 5) is 4.95. The van der Waals surface area contributed by atoms with E-state index in [1.807, 2.05) is 0 Å². The Balaban J connectivity index is 2.09. The molecular weight excluding hydrogens is 588 g/mol. The highest BCUT2D eigenvalue weighted by molar-refractivity contribution is 4.93. The molecule has 0 spiro atoms. The summed E-state index contributed by atoms with van der Waals surface area (Å²) in [6.45, 7) is 12.9. The van der Waals surface area contributed by atoms with E-state index in [-0.39, 0.29) is 12.3 Å². The van der Waals surface area contributed by atoms with Crippen molar-refractivity contribution in [3.63, 3.8) is 0 Å². The molecule has 2 atom stereocenters. The normalized spacial score (nSPS) is 16.4. The van der Waals surface area contributed by atoms with Gasteiger partial charge in [-0.3, -0.25) is 4.90 Å². The van der Waals surface area contributed by atoms with E-state index in [0.29, 0.717) is 0 Å². The largest absolute Gasteiger partial charge is 0.374 e. The lowest BCUT2D eigenvalue weighted by molar-refractivity contribution is -0.148. The van der Waals surface area contributed by atoms with Gasteiger partial charge in [0.1, 0.15) is 6.23 Å². The van der Waals surface area contributed by atoms with Crippen molar-refractivity contribution in [2.24, 2.45) is 0 Å². The number of piperazine rings is 1. The molecule has 1 aliphatic heterocycles. The zero-order chi connectivity index (χ0) is 34.6. The Hall–Kier alpha value is -1.20. The number of hydrogen-bond donors (Lipinski definition) is 0. The highest BCUT2D eigenvalue weighted by atomic mass is 16.5. The average molecular weight is 671 g/mol. The lowest BCUT2D eigenvalue weighted by Gasteiger charge is -2.40. The van der Waals surface area contributed by atoms with Crippen molar-refractivity contribution in [2.45, 2.75) is 187 Å². The summed E-state index contributed by atoms with van der Waals surface area (Å²) in [5.74, 6) is 0. The highest BCUT2D eigenvalue weighted by Crippen LogP contribution is 2.16. The van der Waals surface area contributed by atoms with Crippen LogP contribution in [0.15, 0.2) is 48.6 Å². The molecule has 1 heterocycles. The van der Waals surface area contributed by atoms with Crippen LogP contribution in [0.25, 0.3) is 0 Å². The van der Waals surface area contributed by atoms with Gasteiger partial charge in [0.15, 0.2) is 0 Å². The van der Waals surface area contributed by atoms with Crippen LogP contribution < -0.4 is 0 Å². The predicted molar refractivity (Wildman–Crippen MR) is 213 cm³/mol. The van der Waals surface area contributed by atoms with Crippen LogP contribution in [0.1, 0.15) is 175 Å². The van der Waals surface area contributed by atoms with Gasteiger partial charge in [-0.05, 0) is 91.0 Å². The van der Waals surface area contributed by atoms with Crippen LogP contribution in [0.4, 0.5) is 0 Å². The van der Waals surface area contributed by atoms with Crippen LogP contribution in [-0.2, 0) is 9.47 Å². The minimum Gasteiger partial charge on any atom is -0.374 e. The Morgan fingerprint density at radius 3 is 1.27 bits per heavy atom. The Morgan fingerprint density at radius 1 is 0.458 bits per heavy atom. The topological polar surface area (TPSA) is 24.9 Å². The van der Waals surface area contributed by atoms with Gasteiger partial charge in [0.2, 0.25) is 0 Å². The number of likely N-dealkylation sites (N-methyl/N-ethyl adjacent to an activating group) is 1. The van der Waals surface area contributed by atoms with Gasteiger partial charge >= 0.3 is 0 Å². The van der Waals surface area contributed by atoms with Gasteiger partial charge in [0.05, 0.1) is 6.10 Å². The SMILES string of the molecule is CCCCC/C=C\C/C=C\CCCCCCCCOC(C)C(OCCCCCCCC/C=C\C/C=C\CCCCC)N1CCN(C)CC1. The summed E-state index contributed by atoms with van der Waals surface area (Å²) in [5, 5.41) is 0. The monoisotopic (exact) mass is 671 g/mol. The maximum absolute atomic E-state index is 6.54. The molecule has 4 heteroatoms. The quantitative estimate of drug-likeness (QED) is 0.0502. The zero-order valence-corrected chi connectivity index (χ0v) is 32.7. The van der Waals surface area contributed by atoms with Gasteiger partial charge in [0, 0.05) is 39.4 Å². The number of nitrogens with zero attached hydrogens (tertiary/aromatic N) is 2. The number of ether oxygens (including phenoxy) is 2. The molecule has 280 valence electrons. The lowest BCUT2D eigenvalue weighted by Crippen LogP contribution is -2.53. The van der Waals surface area contributed by atoms with Crippen LogP contribution in [0.2, 0.25) is 0 Å². The Kier molecular flexibility index (Phi) is 33.3. The summed E-state index contributed by atoms with van der Waals surface area (Å²) in [6.07, 6.45) is 49.7. The Labute approximate surface area is 300 Å². The molecule has 0 aromatic rings. The second-order valence-electron chi connectivity index (χ2n) is 14.3. The van der Waals surface area contributed by atoms with Crippen molar-refractivity contribution in [2.75, 3.05) is 46.4 Å². The zero-order valence-electron chi connectivity index (χ0n) is 32.7. The number of allylic oxidation sites excluding steroid dienone is 8. The molecule has 0 amide bonds. The first kappa shape index (κ1) is 44.8. The van der Waals surface area contributed by atoms with E-state index in [9.17, 15) is 0 Å². The van der Waals surface area contributed by atoms with Crippen LogP contribution >= 0.6 is 0 Å². The number of hydrogen-bond acceptors (Lipinski definition) is 4. The smallest absolute Gasteiger partial charge is 0.136 e. The summed E-state index contributed by atoms with van der Waals surface area (Å²) >= 11 is 0. The molecule has 0 aliphatic carbocycles. The van der Waals surface area contributed by atoms with E-state index in [4.69, 9.17) is 9.47 Å². The molecule has 1 saturated heterocycles. The van der Waals surface area contributed by atoms with E-state index in [0.717, 1.165) is 65.1 Å². The maximum Gasteiger partial charge on any atom is 0.136 e. The summed E-state index contributed by atoms with van der Waals surface area (Å²) in [5.41, 5.74) is 0. The molecule has 0 aromatic heterocycles. The molecule has 48 heavy (non-hydrogen) atoms. The molecule has 0 radical (unpaired) electrons. The highest BCUT2D eigenvalue weighted by Gasteiger charge is 2.28. The van der Waals surface area contributed by atoms with E-state index in [1.165, 1.54) is 128 Å². The van der Waals surface area contributed by atoms with Crippen molar-refractivity contribution in [1.82, 2.24) is 9.80 Å². The first-order valence-electron chi connectivity index (χ1n) is 20.9. The van der Waals surface area contributed by atoms with Crippen LogP contribution in [0, 0.1) is 0 Å². The molecule has 1 aliphatic rings. The van der Waals surface area contributed by atoms with Crippen LogP contribution in [0.5, 0.6) is 0 Å². The lowest BCUT2D eigenvalue weighted by atomic mass is 10.1. The Bertz CT molecular complexity index is 768. The molecular formula is C44H82N2O2. The second-order valence-corrected chi connectivity index (χ2v) is 14.3. The van der Waals surface area contributed by atoms with Crippen molar-refractivity contribution in [3.8, 4) is 0 Å². The van der Waals surface area contributed by atoms with E-state index in [2.05, 4.69) is 86.2 Å². The molecule has 4 nitrogen and oxygen atoms in total. The maximum atomic E-state index is 6.54. The molecule has 2 unspecified atom stereocenters. The molecule has 0 aromatic carbocycles. The van der Waals surface area contributed by atoms with Gasteiger partial charge in [-0.25, -0.2) is 0 Å². The molecule has 1 rings (SSSR count). The fourth-order valence-electron chi connectivity index (χ4n) is 6.35. The van der Waals surface area contributed by atoms with E-state index in [1.54, 1.807) is 0 Å². The van der Waals surface area contributed by atoms with Gasteiger partial charge in [-0.15, -0.1) is 0 Å². The molecule has 1 fully saturated rings. The van der Waals surface area contributed by atoms with Crippen molar-refractivity contribution >= 4 is 0 Å². The molecule has 0 saturated carbocycles. The summed E-state index contributed by atoms with van der Waals surface area (Å²) in [6, 6.07) is 0. The van der Waals surface area contributed by atoms with E-state index >= 15 is 0 Å². The third-order valence-electron chi connectivity index (χ3n) is 9.66. The Morgan fingerprint density at radius 2 is 0.833 bits per heavy atom. The minimum absolute atomic E-state index is 0.0845. The standard InChI is InChI=1S/C44H82N2O2/c1-5-7-9-11-13-15-17-19-21-23-25-27-29-31-33-35-41-47-43(3)44(46-39-37-45(4)38-40-46)48-42-36-34-32-30-28-26-24-22-20-18-16-14-12-10-8-6-2/h13-16,19-22,43-44H,5-12,17-18,23-42H2,1-4H3/b15-13-,16-14-,21-19-,22-20-. The molecule has 0 N–H and O–H groups in total. The first-order chi connectivity index (χ1) is 23.7. The predicted octanol–water partition coefficient (Wildman–Crippen LogP) is 12.6. The summed E-state index contributed by atoms with van der Waals surface area (Å²) < 4.78 is 12.9. The summed E-state index contributed by atoms with van der Waals surface area (Å²) in [7, 11) is 2.23. The third-order valence-corrected chi connectivity index (χ3v) is 9.66.